The monoisotopic (exact) mass is 359 g/mol. The van der Waals surface area contributed by atoms with E-state index in [1.54, 1.807) is 18.1 Å². The van der Waals surface area contributed by atoms with Crippen LogP contribution in [0, 0.1) is 0 Å². The number of carbonyl (C=O) groups excluding carboxylic acids is 1. The van der Waals surface area contributed by atoms with Crippen molar-refractivity contribution in [2.24, 2.45) is 7.05 Å². The van der Waals surface area contributed by atoms with Crippen LogP contribution >= 0.6 is 11.8 Å². The molecule has 1 fully saturated rings. The van der Waals surface area contributed by atoms with Crippen LogP contribution in [0.25, 0.3) is 0 Å². The largest absolute Gasteiger partial charge is 0.335 e. The van der Waals surface area contributed by atoms with Gasteiger partial charge in [-0.1, -0.05) is 43.2 Å². The fraction of sp³-hybridized carbons (Fsp3) is 0.500. The van der Waals surface area contributed by atoms with E-state index in [2.05, 4.69) is 33.8 Å². The molecule has 134 valence electrons. The molecule has 0 spiro atoms. The van der Waals surface area contributed by atoms with E-state index in [0.29, 0.717) is 6.04 Å². The van der Waals surface area contributed by atoms with Crippen molar-refractivity contribution in [3.63, 3.8) is 0 Å². The molecule has 1 unspecified atom stereocenters. The molecular weight excluding hydrogens is 334 g/mol. The minimum absolute atomic E-state index is 0.113. The van der Waals surface area contributed by atoms with Gasteiger partial charge in [-0.25, -0.2) is 4.79 Å². The van der Waals surface area contributed by atoms with Gasteiger partial charge in [0.1, 0.15) is 6.33 Å². The number of nitrogens with one attached hydrogen (secondary N) is 2. The van der Waals surface area contributed by atoms with Gasteiger partial charge in [-0.2, -0.15) is 0 Å². The maximum Gasteiger partial charge on any atom is 0.319 e. The van der Waals surface area contributed by atoms with Crippen LogP contribution in [0.1, 0.15) is 49.8 Å². The quantitative estimate of drug-likeness (QED) is 0.788. The van der Waals surface area contributed by atoms with Crippen LogP contribution in [0.4, 0.5) is 10.5 Å². The van der Waals surface area contributed by atoms with Gasteiger partial charge in [0.05, 0.1) is 0 Å². The molecule has 2 amide bonds. The van der Waals surface area contributed by atoms with E-state index < -0.39 is 0 Å². The standard InChI is InChI=1S/C18H25N5OS/c1-13(25-18-22-19-12-23(18)2)14-7-6-10-16(11-14)21-17(24)20-15-8-4-3-5-9-15/h6-7,10-13,15H,3-5,8-9H2,1-2H3,(H2,20,21,24). The third-order valence-corrected chi connectivity index (χ3v) is 5.71. The van der Waals surface area contributed by atoms with Crippen LogP contribution in [-0.4, -0.2) is 26.8 Å². The lowest BCUT2D eigenvalue weighted by Gasteiger charge is -2.23. The smallest absolute Gasteiger partial charge is 0.319 e. The molecule has 3 rings (SSSR count). The van der Waals surface area contributed by atoms with Gasteiger partial charge in [-0.3, -0.25) is 0 Å². The molecule has 7 heteroatoms. The number of aryl methyl sites for hydroxylation is 1. The van der Waals surface area contributed by atoms with Gasteiger partial charge in [0.15, 0.2) is 5.16 Å². The molecule has 0 bridgehead atoms. The van der Waals surface area contributed by atoms with Crippen LogP contribution in [0.15, 0.2) is 35.7 Å². The Morgan fingerprint density at radius 3 is 2.84 bits per heavy atom. The number of anilines is 1. The molecule has 0 radical (unpaired) electrons. The zero-order valence-electron chi connectivity index (χ0n) is 14.7. The van der Waals surface area contributed by atoms with E-state index in [9.17, 15) is 4.79 Å². The Morgan fingerprint density at radius 1 is 1.32 bits per heavy atom. The molecule has 2 aromatic rings. The van der Waals surface area contributed by atoms with Crippen LogP contribution in [0.3, 0.4) is 0 Å². The number of urea groups is 1. The van der Waals surface area contributed by atoms with Gasteiger partial charge in [-0.15, -0.1) is 10.2 Å². The Kier molecular flexibility index (Phi) is 5.96. The fourth-order valence-electron chi connectivity index (χ4n) is 3.07. The lowest BCUT2D eigenvalue weighted by molar-refractivity contribution is 0.244. The zero-order valence-corrected chi connectivity index (χ0v) is 15.6. The average molecular weight is 359 g/mol. The van der Waals surface area contributed by atoms with E-state index in [4.69, 9.17) is 0 Å². The number of benzene rings is 1. The SMILES string of the molecule is CC(Sc1nncn1C)c1cccc(NC(=O)NC2CCCCC2)c1. The molecule has 0 aliphatic heterocycles. The minimum atomic E-state index is -0.113. The summed E-state index contributed by atoms with van der Waals surface area (Å²) >= 11 is 1.65. The first-order valence-corrected chi connectivity index (χ1v) is 9.68. The number of thioether (sulfide) groups is 1. The van der Waals surface area contributed by atoms with Gasteiger partial charge in [0, 0.05) is 24.0 Å². The summed E-state index contributed by atoms with van der Waals surface area (Å²) in [6, 6.07) is 8.18. The van der Waals surface area contributed by atoms with Crippen LogP contribution in [0.5, 0.6) is 0 Å². The molecular formula is C18H25N5OS. The van der Waals surface area contributed by atoms with Crippen molar-refractivity contribution in [2.75, 3.05) is 5.32 Å². The molecule has 1 aliphatic rings. The van der Waals surface area contributed by atoms with Crippen LogP contribution in [-0.2, 0) is 7.05 Å². The average Bonchev–Trinajstić information content (AvgIpc) is 3.00. The maximum atomic E-state index is 12.2. The number of hydrogen-bond donors (Lipinski definition) is 2. The number of amides is 2. The van der Waals surface area contributed by atoms with Gasteiger partial charge in [0.25, 0.3) is 0 Å². The molecule has 2 N–H and O–H groups in total. The molecule has 1 heterocycles. The summed E-state index contributed by atoms with van der Waals surface area (Å²) in [5.41, 5.74) is 1.96. The Bertz CT molecular complexity index is 711. The number of hydrogen-bond acceptors (Lipinski definition) is 4. The Hall–Kier alpha value is -2.02. The first kappa shape index (κ1) is 17.8. The highest BCUT2D eigenvalue weighted by Gasteiger charge is 2.16. The Morgan fingerprint density at radius 2 is 2.12 bits per heavy atom. The van der Waals surface area contributed by atoms with Crippen molar-refractivity contribution in [1.29, 1.82) is 0 Å². The van der Waals surface area contributed by atoms with Gasteiger partial charge >= 0.3 is 6.03 Å². The van der Waals surface area contributed by atoms with Crippen molar-refractivity contribution in [1.82, 2.24) is 20.1 Å². The lowest BCUT2D eigenvalue weighted by atomic mass is 9.96. The minimum Gasteiger partial charge on any atom is -0.335 e. The maximum absolute atomic E-state index is 12.2. The van der Waals surface area contributed by atoms with Crippen molar-refractivity contribution >= 4 is 23.5 Å². The van der Waals surface area contributed by atoms with Crippen molar-refractivity contribution in [2.45, 2.75) is 55.5 Å². The first-order valence-electron chi connectivity index (χ1n) is 8.80. The highest BCUT2D eigenvalue weighted by molar-refractivity contribution is 7.99. The summed E-state index contributed by atoms with van der Waals surface area (Å²) < 4.78 is 1.90. The molecule has 1 aromatic heterocycles. The van der Waals surface area contributed by atoms with Crippen LogP contribution < -0.4 is 10.6 Å². The summed E-state index contributed by atoms with van der Waals surface area (Å²) in [6.45, 7) is 2.13. The van der Waals surface area contributed by atoms with Crippen LogP contribution in [0.2, 0.25) is 0 Å². The predicted octanol–water partition coefficient (Wildman–Crippen LogP) is 4.12. The van der Waals surface area contributed by atoms with E-state index in [-0.39, 0.29) is 11.3 Å². The van der Waals surface area contributed by atoms with Crippen molar-refractivity contribution in [3.05, 3.63) is 36.2 Å². The Labute approximate surface area is 152 Å². The second-order valence-corrected chi connectivity index (χ2v) is 7.85. The fourth-order valence-corrected chi connectivity index (χ4v) is 3.98. The second-order valence-electron chi connectivity index (χ2n) is 6.54. The highest BCUT2D eigenvalue weighted by Crippen LogP contribution is 2.34. The van der Waals surface area contributed by atoms with E-state index >= 15 is 0 Å². The number of carbonyl (C=O) groups is 1. The molecule has 0 saturated heterocycles. The topological polar surface area (TPSA) is 71.8 Å². The molecule has 1 saturated carbocycles. The van der Waals surface area contributed by atoms with Gasteiger partial charge in [-0.05, 0) is 37.5 Å². The molecule has 6 nitrogen and oxygen atoms in total. The second kappa shape index (κ2) is 8.38. The number of rotatable bonds is 5. The molecule has 1 aromatic carbocycles. The summed E-state index contributed by atoms with van der Waals surface area (Å²) in [5, 5.41) is 15.2. The van der Waals surface area contributed by atoms with E-state index in [1.165, 1.54) is 19.3 Å². The normalized spacial score (nSPS) is 16.4. The van der Waals surface area contributed by atoms with Crippen molar-refractivity contribution in [3.8, 4) is 0 Å². The Balaban J connectivity index is 1.58. The summed E-state index contributed by atoms with van der Waals surface area (Å²) in [7, 11) is 1.93. The third kappa shape index (κ3) is 4.98. The lowest BCUT2D eigenvalue weighted by Crippen LogP contribution is -2.39. The molecule has 1 atom stereocenters. The highest BCUT2D eigenvalue weighted by atomic mass is 32.2. The predicted molar refractivity (Wildman–Crippen MR) is 101 cm³/mol. The zero-order chi connectivity index (χ0) is 17.6. The van der Waals surface area contributed by atoms with Crippen molar-refractivity contribution < 1.29 is 4.79 Å². The summed E-state index contributed by atoms with van der Waals surface area (Å²) in [4.78, 5) is 12.2. The number of nitrogens with zero attached hydrogens (tertiary/aromatic N) is 3. The third-order valence-electron chi connectivity index (χ3n) is 4.51. The van der Waals surface area contributed by atoms with E-state index in [0.717, 1.165) is 29.2 Å². The summed E-state index contributed by atoms with van der Waals surface area (Å²) in [5.74, 6) is 0. The molecule has 25 heavy (non-hydrogen) atoms. The van der Waals surface area contributed by atoms with E-state index in [1.807, 2.05) is 29.8 Å². The van der Waals surface area contributed by atoms with Gasteiger partial charge < -0.3 is 15.2 Å². The molecule has 1 aliphatic carbocycles. The number of aromatic nitrogens is 3. The first-order chi connectivity index (χ1) is 12.1. The summed E-state index contributed by atoms with van der Waals surface area (Å²) in [6.07, 6.45) is 7.55. The van der Waals surface area contributed by atoms with Gasteiger partial charge in [0.2, 0.25) is 0 Å².